The van der Waals surface area contributed by atoms with Gasteiger partial charge in [-0.1, -0.05) is 35.9 Å². The highest BCUT2D eigenvalue weighted by Crippen LogP contribution is 2.30. The Hall–Kier alpha value is -1.97. The van der Waals surface area contributed by atoms with Gasteiger partial charge in [0, 0.05) is 22.2 Å². The van der Waals surface area contributed by atoms with E-state index in [0.29, 0.717) is 0 Å². The van der Waals surface area contributed by atoms with Crippen molar-refractivity contribution in [1.29, 1.82) is 0 Å². The lowest BCUT2D eigenvalue weighted by atomic mass is 9.90. The molecule has 0 N–H and O–H groups in total. The van der Waals surface area contributed by atoms with Gasteiger partial charge in [0.25, 0.3) is 0 Å². The lowest BCUT2D eigenvalue weighted by Crippen LogP contribution is -2.02. The number of aryl methyl sites for hydroxylation is 2. The number of thiazole rings is 1. The number of rotatable bonds is 3. The molecule has 0 spiro atoms. The molecule has 120 valence electrons. The van der Waals surface area contributed by atoms with Crippen molar-refractivity contribution in [3.63, 3.8) is 0 Å². The minimum absolute atomic E-state index is 0.732. The van der Waals surface area contributed by atoms with E-state index in [1.165, 1.54) is 42.4 Å². The second-order valence-electron chi connectivity index (χ2n) is 6.02. The van der Waals surface area contributed by atoms with Crippen molar-refractivity contribution < 1.29 is 0 Å². The Kier molecular flexibility index (Phi) is 4.46. The predicted octanol–water partition coefficient (Wildman–Crippen LogP) is 6.09. The molecule has 1 heterocycles. The van der Waals surface area contributed by atoms with E-state index in [2.05, 4.69) is 33.6 Å². The van der Waals surface area contributed by atoms with Crippen molar-refractivity contribution in [3.8, 4) is 11.3 Å². The van der Waals surface area contributed by atoms with E-state index < -0.39 is 0 Å². The average molecular weight is 353 g/mol. The molecule has 1 aliphatic carbocycles. The molecule has 0 fully saturated rings. The molecule has 1 aliphatic rings. The SMILES string of the molecule is Clc1ccc(/C=N/c2nc(-c3ccc4c(c3)CCCC4)cs2)cc1. The molecule has 24 heavy (non-hydrogen) atoms. The van der Waals surface area contributed by atoms with Crippen LogP contribution in [0, 0.1) is 0 Å². The van der Waals surface area contributed by atoms with Crippen molar-refractivity contribution >= 4 is 34.3 Å². The molecule has 4 heteroatoms. The number of aromatic nitrogens is 1. The highest BCUT2D eigenvalue weighted by atomic mass is 35.5. The van der Waals surface area contributed by atoms with Gasteiger partial charge in [-0.25, -0.2) is 9.98 Å². The molecule has 0 unspecified atom stereocenters. The summed E-state index contributed by atoms with van der Waals surface area (Å²) in [5.41, 5.74) is 6.21. The van der Waals surface area contributed by atoms with Crippen LogP contribution < -0.4 is 0 Å². The van der Waals surface area contributed by atoms with Gasteiger partial charge in [-0.3, -0.25) is 0 Å². The summed E-state index contributed by atoms with van der Waals surface area (Å²) in [5.74, 6) is 0. The average Bonchev–Trinajstić information content (AvgIpc) is 3.10. The van der Waals surface area contributed by atoms with E-state index in [1.807, 2.05) is 30.5 Å². The van der Waals surface area contributed by atoms with E-state index in [9.17, 15) is 0 Å². The van der Waals surface area contributed by atoms with Crippen molar-refractivity contribution in [2.75, 3.05) is 0 Å². The Balaban J connectivity index is 1.55. The zero-order valence-corrected chi connectivity index (χ0v) is 14.8. The third-order valence-electron chi connectivity index (χ3n) is 4.33. The van der Waals surface area contributed by atoms with E-state index in [-0.39, 0.29) is 0 Å². The quantitative estimate of drug-likeness (QED) is 0.523. The van der Waals surface area contributed by atoms with Gasteiger partial charge in [-0.2, -0.15) is 0 Å². The summed E-state index contributed by atoms with van der Waals surface area (Å²) >= 11 is 7.46. The molecular weight excluding hydrogens is 336 g/mol. The van der Waals surface area contributed by atoms with Crippen LogP contribution in [0.5, 0.6) is 0 Å². The van der Waals surface area contributed by atoms with E-state index in [1.54, 1.807) is 11.3 Å². The third-order valence-corrected chi connectivity index (χ3v) is 5.33. The predicted molar refractivity (Wildman–Crippen MR) is 103 cm³/mol. The molecule has 1 aromatic heterocycles. The molecule has 3 aromatic rings. The van der Waals surface area contributed by atoms with Crippen molar-refractivity contribution in [2.24, 2.45) is 4.99 Å². The van der Waals surface area contributed by atoms with E-state index in [0.717, 1.165) is 21.4 Å². The van der Waals surface area contributed by atoms with E-state index >= 15 is 0 Å². The van der Waals surface area contributed by atoms with Gasteiger partial charge in [0.15, 0.2) is 0 Å². The molecule has 0 radical (unpaired) electrons. The first-order chi connectivity index (χ1) is 11.8. The maximum Gasteiger partial charge on any atom is 0.209 e. The van der Waals surface area contributed by atoms with Gasteiger partial charge in [0.1, 0.15) is 0 Å². The molecule has 4 rings (SSSR count). The molecule has 0 atom stereocenters. The Labute approximate surface area is 150 Å². The minimum Gasteiger partial charge on any atom is -0.227 e. The summed E-state index contributed by atoms with van der Waals surface area (Å²) in [5, 5.41) is 3.59. The number of halogens is 1. The number of nitrogens with zero attached hydrogens (tertiary/aromatic N) is 2. The topological polar surface area (TPSA) is 25.2 Å². The van der Waals surface area contributed by atoms with Gasteiger partial charge in [0.05, 0.1) is 5.69 Å². The first-order valence-electron chi connectivity index (χ1n) is 8.15. The lowest BCUT2D eigenvalue weighted by molar-refractivity contribution is 0.686. The maximum absolute atomic E-state index is 5.90. The number of hydrogen-bond acceptors (Lipinski definition) is 3. The molecule has 0 amide bonds. The minimum atomic E-state index is 0.732. The van der Waals surface area contributed by atoms with Gasteiger partial charge >= 0.3 is 0 Å². The van der Waals surface area contributed by atoms with Crippen LogP contribution in [0.3, 0.4) is 0 Å². The normalized spacial score (nSPS) is 14.0. The Morgan fingerprint density at radius 3 is 2.62 bits per heavy atom. The van der Waals surface area contributed by atoms with Gasteiger partial charge in [-0.05, 0) is 60.6 Å². The summed E-state index contributed by atoms with van der Waals surface area (Å²) in [6.45, 7) is 0. The smallest absolute Gasteiger partial charge is 0.209 e. The summed E-state index contributed by atoms with van der Waals surface area (Å²) in [4.78, 5) is 9.14. The monoisotopic (exact) mass is 352 g/mol. The molecule has 2 nitrogen and oxygen atoms in total. The number of hydrogen-bond donors (Lipinski definition) is 0. The van der Waals surface area contributed by atoms with Crippen LogP contribution in [0.25, 0.3) is 11.3 Å². The van der Waals surface area contributed by atoms with Crippen LogP contribution in [0.4, 0.5) is 5.13 Å². The summed E-state index contributed by atoms with van der Waals surface area (Å²) in [7, 11) is 0. The lowest BCUT2D eigenvalue weighted by Gasteiger charge is -2.15. The molecule has 2 aromatic carbocycles. The fraction of sp³-hybridized carbons (Fsp3) is 0.200. The van der Waals surface area contributed by atoms with Crippen LogP contribution in [-0.4, -0.2) is 11.2 Å². The van der Waals surface area contributed by atoms with Crippen LogP contribution >= 0.6 is 22.9 Å². The van der Waals surface area contributed by atoms with Gasteiger partial charge in [-0.15, -0.1) is 11.3 Å². The van der Waals surface area contributed by atoms with Crippen molar-refractivity contribution in [3.05, 3.63) is 69.6 Å². The van der Waals surface area contributed by atoms with E-state index in [4.69, 9.17) is 11.6 Å². The number of fused-ring (bicyclic) bond motifs is 1. The first kappa shape index (κ1) is 15.6. The Morgan fingerprint density at radius 2 is 1.79 bits per heavy atom. The highest BCUT2D eigenvalue weighted by Gasteiger charge is 2.11. The van der Waals surface area contributed by atoms with Gasteiger partial charge in [0.2, 0.25) is 5.13 Å². The molecule has 0 bridgehead atoms. The standard InChI is InChI=1S/C20H17ClN2S/c21-18-9-5-14(6-10-18)12-22-20-23-19(13-24-20)17-8-7-15-3-1-2-4-16(15)11-17/h5-13H,1-4H2/b22-12+. The van der Waals surface area contributed by atoms with Crippen molar-refractivity contribution in [1.82, 2.24) is 4.98 Å². The van der Waals surface area contributed by atoms with Crippen LogP contribution in [0.2, 0.25) is 5.02 Å². The maximum atomic E-state index is 5.90. The number of benzene rings is 2. The van der Waals surface area contributed by atoms with Gasteiger partial charge < -0.3 is 0 Å². The number of aliphatic imine (C=N–C) groups is 1. The fourth-order valence-electron chi connectivity index (χ4n) is 3.03. The van der Waals surface area contributed by atoms with Crippen LogP contribution in [0.1, 0.15) is 29.5 Å². The molecular formula is C20H17ClN2S. The first-order valence-corrected chi connectivity index (χ1v) is 9.41. The third kappa shape index (κ3) is 3.42. The largest absolute Gasteiger partial charge is 0.227 e. The zero-order chi connectivity index (χ0) is 16.4. The fourth-order valence-corrected chi connectivity index (χ4v) is 3.82. The summed E-state index contributed by atoms with van der Waals surface area (Å²) < 4.78 is 0. The summed E-state index contributed by atoms with van der Waals surface area (Å²) in [6, 6.07) is 14.4. The highest BCUT2D eigenvalue weighted by molar-refractivity contribution is 7.13. The van der Waals surface area contributed by atoms with Crippen molar-refractivity contribution in [2.45, 2.75) is 25.7 Å². The second kappa shape index (κ2) is 6.88. The second-order valence-corrected chi connectivity index (χ2v) is 7.29. The summed E-state index contributed by atoms with van der Waals surface area (Å²) in [6.07, 6.45) is 6.83. The molecule has 0 saturated carbocycles. The zero-order valence-electron chi connectivity index (χ0n) is 13.2. The Morgan fingerprint density at radius 1 is 1.00 bits per heavy atom. The molecule has 0 aliphatic heterocycles. The van der Waals surface area contributed by atoms with Crippen LogP contribution in [-0.2, 0) is 12.8 Å². The molecule has 0 saturated heterocycles. The Bertz CT molecular complexity index is 881. The van der Waals surface area contributed by atoms with Crippen LogP contribution in [0.15, 0.2) is 52.8 Å².